The van der Waals surface area contributed by atoms with Gasteiger partial charge in [0.25, 0.3) is 0 Å². The standard InChI is InChI=1S/C15H20N2O2/c1-19-13-7-4-6-11-14(13)10(9-17-11)15(18)12-5-2-3-8-16-12/h4,6-7,9,12,15-18H,2-3,5,8H2,1H3. The number of benzene rings is 1. The van der Waals surface area contributed by atoms with Gasteiger partial charge in [0.15, 0.2) is 0 Å². The summed E-state index contributed by atoms with van der Waals surface area (Å²) >= 11 is 0. The Morgan fingerprint density at radius 3 is 3.00 bits per heavy atom. The van der Waals surface area contributed by atoms with Gasteiger partial charge in [-0.05, 0) is 31.5 Å². The number of aliphatic hydroxyl groups is 1. The molecule has 1 aromatic heterocycles. The maximum Gasteiger partial charge on any atom is 0.128 e. The summed E-state index contributed by atoms with van der Waals surface area (Å²) in [6, 6.07) is 6.02. The fourth-order valence-corrected chi connectivity index (χ4v) is 2.95. The first-order valence-corrected chi connectivity index (χ1v) is 6.86. The SMILES string of the molecule is COc1cccc2[nH]cc(C(O)C3CCCCN3)c12. The number of hydrogen-bond donors (Lipinski definition) is 3. The molecule has 0 radical (unpaired) electrons. The second-order valence-corrected chi connectivity index (χ2v) is 5.13. The van der Waals surface area contributed by atoms with E-state index in [1.165, 1.54) is 12.8 Å². The third-order valence-corrected chi connectivity index (χ3v) is 3.97. The van der Waals surface area contributed by atoms with Gasteiger partial charge in [0.1, 0.15) is 5.75 Å². The summed E-state index contributed by atoms with van der Waals surface area (Å²) in [4.78, 5) is 3.22. The summed E-state index contributed by atoms with van der Waals surface area (Å²) < 4.78 is 5.41. The predicted octanol–water partition coefficient (Wildman–Crippen LogP) is 2.35. The number of hydrogen-bond acceptors (Lipinski definition) is 3. The number of methoxy groups -OCH3 is 1. The summed E-state index contributed by atoms with van der Waals surface area (Å²) in [5, 5.41) is 15.0. The zero-order valence-corrected chi connectivity index (χ0v) is 11.1. The summed E-state index contributed by atoms with van der Waals surface area (Å²) in [7, 11) is 1.66. The Morgan fingerprint density at radius 2 is 2.26 bits per heavy atom. The molecule has 1 aliphatic rings. The number of piperidine rings is 1. The van der Waals surface area contributed by atoms with E-state index in [0.29, 0.717) is 0 Å². The molecule has 2 aromatic rings. The zero-order valence-electron chi connectivity index (χ0n) is 11.1. The van der Waals surface area contributed by atoms with Gasteiger partial charge in [0.05, 0.1) is 13.2 Å². The maximum atomic E-state index is 10.6. The molecule has 2 atom stereocenters. The van der Waals surface area contributed by atoms with Gasteiger partial charge in [-0.15, -0.1) is 0 Å². The highest BCUT2D eigenvalue weighted by Gasteiger charge is 2.25. The molecule has 0 amide bonds. The monoisotopic (exact) mass is 260 g/mol. The molecule has 3 N–H and O–H groups in total. The van der Waals surface area contributed by atoms with E-state index in [0.717, 1.165) is 35.2 Å². The molecule has 0 bridgehead atoms. The van der Waals surface area contributed by atoms with Crippen LogP contribution in [0.2, 0.25) is 0 Å². The lowest BCUT2D eigenvalue weighted by Gasteiger charge is -2.28. The van der Waals surface area contributed by atoms with Crippen molar-refractivity contribution in [2.75, 3.05) is 13.7 Å². The number of ether oxygens (including phenoxy) is 1. The molecular weight excluding hydrogens is 240 g/mol. The fraction of sp³-hybridized carbons (Fsp3) is 0.467. The minimum atomic E-state index is -0.495. The van der Waals surface area contributed by atoms with Crippen molar-refractivity contribution in [3.05, 3.63) is 30.0 Å². The highest BCUT2D eigenvalue weighted by Crippen LogP contribution is 2.34. The molecule has 4 heteroatoms. The van der Waals surface area contributed by atoms with E-state index < -0.39 is 6.10 Å². The average molecular weight is 260 g/mol. The van der Waals surface area contributed by atoms with Crippen LogP contribution in [0.25, 0.3) is 10.9 Å². The van der Waals surface area contributed by atoms with Gasteiger partial charge in [0, 0.05) is 28.7 Å². The number of aromatic amines is 1. The van der Waals surface area contributed by atoms with Crippen molar-refractivity contribution in [2.24, 2.45) is 0 Å². The fourth-order valence-electron chi connectivity index (χ4n) is 2.95. The number of rotatable bonds is 3. The number of H-pyrrole nitrogens is 1. The molecule has 102 valence electrons. The molecule has 0 spiro atoms. The quantitative estimate of drug-likeness (QED) is 0.794. The van der Waals surface area contributed by atoms with Gasteiger partial charge in [0.2, 0.25) is 0 Å². The highest BCUT2D eigenvalue weighted by molar-refractivity contribution is 5.89. The summed E-state index contributed by atoms with van der Waals surface area (Å²) in [5.41, 5.74) is 1.93. The van der Waals surface area contributed by atoms with Crippen LogP contribution >= 0.6 is 0 Å². The first-order valence-electron chi connectivity index (χ1n) is 6.86. The van der Waals surface area contributed by atoms with E-state index in [-0.39, 0.29) is 6.04 Å². The van der Waals surface area contributed by atoms with Gasteiger partial charge < -0.3 is 20.1 Å². The molecule has 1 aromatic carbocycles. The van der Waals surface area contributed by atoms with Crippen LogP contribution in [-0.4, -0.2) is 29.8 Å². The minimum Gasteiger partial charge on any atom is -0.496 e. The van der Waals surface area contributed by atoms with Crippen LogP contribution < -0.4 is 10.1 Å². The van der Waals surface area contributed by atoms with Crippen LogP contribution in [0.4, 0.5) is 0 Å². The molecule has 1 saturated heterocycles. The third kappa shape index (κ3) is 2.22. The van der Waals surface area contributed by atoms with Crippen LogP contribution in [0.5, 0.6) is 5.75 Å². The predicted molar refractivity (Wildman–Crippen MR) is 75.5 cm³/mol. The topological polar surface area (TPSA) is 57.3 Å². The summed E-state index contributed by atoms with van der Waals surface area (Å²) in [6.45, 7) is 0.987. The van der Waals surface area contributed by atoms with E-state index in [1.54, 1.807) is 7.11 Å². The first kappa shape index (κ1) is 12.5. The summed E-state index contributed by atoms with van der Waals surface area (Å²) in [5.74, 6) is 0.809. The van der Waals surface area contributed by atoms with E-state index >= 15 is 0 Å². The maximum absolute atomic E-state index is 10.6. The number of nitrogens with one attached hydrogen (secondary N) is 2. The minimum absolute atomic E-state index is 0.137. The van der Waals surface area contributed by atoms with Crippen molar-refractivity contribution in [2.45, 2.75) is 31.4 Å². The number of aromatic nitrogens is 1. The van der Waals surface area contributed by atoms with E-state index in [4.69, 9.17) is 4.74 Å². The molecule has 1 fully saturated rings. The van der Waals surface area contributed by atoms with Gasteiger partial charge in [-0.1, -0.05) is 12.5 Å². The van der Waals surface area contributed by atoms with Crippen molar-refractivity contribution < 1.29 is 9.84 Å². The Morgan fingerprint density at radius 1 is 1.37 bits per heavy atom. The second-order valence-electron chi connectivity index (χ2n) is 5.13. The Hall–Kier alpha value is -1.52. The zero-order chi connectivity index (χ0) is 13.2. The van der Waals surface area contributed by atoms with Crippen LogP contribution in [0, 0.1) is 0 Å². The average Bonchev–Trinajstić information content (AvgIpc) is 2.91. The molecule has 19 heavy (non-hydrogen) atoms. The van der Waals surface area contributed by atoms with Gasteiger partial charge in [-0.2, -0.15) is 0 Å². The molecule has 0 saturated carbocycles. The van der Waals surface area contributed by atoms with Gasteiger partial charge in [-0.25, -0.2) is 0 Å². The lowest BCUT2D eigenvalue weighted by Crippen LogP contribution is -2.38. The molecular formula is C15H20N2O2. The third-order valence-electron chi connectivity index (χ3n) is 3.97. The van der Waals surface area contributed by atoms with Crippen molar-refractivity contribution in [1.29, 1.82) is 0 Å². The Bertz CT molecular complexity index is 558. The van der Waals surface area contributed by atoms with E-state index in [1.807, 2.05) is 24.4 Å². The highest BCUT2D eigenvalue weighted by atomic mass is 16.5. The lowest BCUT2D eigenvalue weighted by atomic mass is 9.94. The first-order chi connectivity index (χ1) is 9.31. The Balaban J connectivity index is 1.99. The molecule has 2 unspecified atom stereocenters. The van der Waals surface area contributed by atoms with E-state index in [9.17, 15) is 5.11 Å². The normalized spacial score (nSPS) is 21.5. The Kier molecular flexibility index (Phi) is 3.44. The number of aliphatic hydroxyl groups excluding tert-OH is 1. The molecule has 1 aliphatic heterocycles. The molecule has 0 aliphatic carbocycles. The van der Waals surface area contributed by atoms with Gasteiger partial charge >= 0.3 is 0 Å². The molecule has 3 rings (SSSR count). The van der Waals surface area contributed by atoms with Crippen molar-refractivity contribution in [3.8, 4) is 5.75 Å². The summed E-state index contributed by atoms with van der Waals surface area (Å²) in [6.07, 6.45) is 4.79. The second kappa shape index (κ2) is 5.23. The smallest absolute Gasteiger partial charge is 0.128 e. The van der Waals surface area contributed by atoms with Crippen molar-refractivity contribution in [3.63, 3.8) is 0 Å². The molecule has 2 heterocycles. The number of fused-ring (bicyclic) bond motifs is 1. The van der Waals surface area contributed by atoms with Crippen LogP contribution in [0.3, 0.4) is 0 Å². The van der Waals surface area contributed by atoms with Crippen LogP contribution in [-0.2, 0) is 0 Å². The van der Waals surface area contributed by atoms with E-state index in [2.05, 4.69) is 10.3 Å². The molecule has 4 nitrogen and oxygen atoms in total. The van der Waals surface area contributed by atoms with Crippen LogP contribution in [0.1, 0.15) is 30.9 Å². The largest absolute Gasteiger partial charge is 0.496 e. The lowest BCUT2D eigenvalue weighted by molar-refractivity contribution is 0.115. The Labute approximate surface area is 112 Å². The van der Waals surface area contributed by atoms with Gasteiger partial charge in [-0.3, -0.25) is 0 Å². The van der Waals surface area contributed by atoms with Crippen molar-refractivity contribution in [1.82, 2.24) is 10.3 Å². The van der Waals surface area contributed by atoms with Crippen LogP contribution in [0.15, 0.2) is 24.4 Å². The van der Waals surface area contributed by atoms with Crippen molar-refractivity contribution >= 4 is 10.9 Å².